The molecule has 1 amide bonds. The van der Waals surface area contributed by atoms with E-state index in [1.54, 1.807) is 12.3 Å². The second-order valence-corrected chi connectivity index (χ2v) is 7.77. The number of H-pyrrole nitrogens is 1. The highest BCUT2D eigenvalue weighted by molar-refractivity contribution is 6.07. The highest BCUT2D eigenvalue weighted by atomic mass is 19.1. The number of amides is 1. The first-order chi connectivity index (χ1) is 14.6. The largest absolute Gasteiger partial charge is 0.356 e. The number of hydrogen-bond acceptors (Lipinski definition) is 4. The lowest BCUT2D eigenvalue weighted by atomic mass is 9.95. The van der Waals surface area contributed by atoms with Crippen LogP contribution in [0.25, 0.3) is 11.3 Å². The van der Waals surface area contributed by atoms with Gasteiger partial charge in [-0.2, -0.15) is 0 Å². The molecule has 0 aliphatic heterocycles. The number of ketones is 1. The topological polar surface area (TPSA) is 86.9 Å². The molecule has 152 valence electrons. The molecule has 30 heavy (non-hydrogen) atoms. The summed E-state index contributed by atoms with van der Waals surface area (Å²) >= 11 is 0. The predicted molar refractivity (Wildman–Crippen MR) is 113 cm³/mol. The Hall–Kier alpha value is -3.48. The van der Waals surface area contributed by atoms with E-state index in [0.29, 0.717) is 17.8 Å². The molecule has 1 saturated carbocycles. The van der Waals surface area contributed by atoms with Gasteiger partial charge < -0.3 is 15.6 Å². The first-order valence-electron chi connectivity index (χ1n) is 10.1. The van der Waals surface area contributed by atoms with Crippen molar-refractivity contribution in [1.82, 2.24) is 9.97 Å². The third-order valence-corrected chi connectivity index (χ3v) is 5.58. The number of aromatic nitrogens is 2. The molecule has 0 spiro atoms. The summed E-state index contributed by atoms with van der Waals surface area (Å²) in [6, 6.07) is 13.2. The van der Waals surface area contributed by atoms with E-state index in [-0.39, 0.29) is 18.1 Å². The van der Waals surface area contributed by atoms with Crippen molar-refractivity contribution >= 4 is 28.9 Å². The Morgan fingerprint density at radius 1 is 1.17 bits per heavy atom. The second-order valence-electron chi connectivity index (χ2n) is 7.77. The normalized spacial score (nSPS) is 19.8. The molecule has 2 heterocycles. The van der Waals surface area contributed by atoms with Crippen molar-refractivity contribution in [2.45, 2.75) is 31.9 Å². The van der Waals surface area contributed by atoms with Gasteiger partial charge in [-0.1, -0.05) is 18.2 Å². The minimum Gasteiger partial charge on any atom is -0.356 e. The van der Waals surface area contributed by atoms with Gasteiger partial charge in [0.15, 0.2) is 5.78 Å². The number of para-hydroxylation sites is 1. The van der Waals surface area contributed by atoms with Gasteiger partial charge in [-0.25, -0.2) is 9.37 Å². The van der Waals surface area contributed by atoms with Crippen LogP contribution in [0.1, 0.15) is 35.3 Å². The van der Waals surface area contributed by atoms with Crippen LogP contribution < -0.4 is 10.6 Å². The van der Waals surface area contributed by atoms with Gasteiger partial charge in [-0.05, 0) is 43.5 Å². The van der Waals surface area contributed by atoms with E-state index in [9.17, 15) is 14.0 Å². The molecule has 2 atom stereocenters. The van der Waals surface area contributed by atoms with Crippen molar-refractivity contribution in [2.24, 2.45) is 5.92 Å². The first kappa shape index (κ1) is 18.5. The Labute approximate surface area is 172 Å². The van der Waals surface area contributed by atoms with Crippen LogP contribution in [-0.4, -0.2) is 27.8 Å². The number of benzene rings is 1. The number of halogens is 1. The molecule has 0 bridgehead atoms. The summed E-state index contributed by atoms with van der Waals surface area (Å²) in [7, 11) is 0. The summed E-state index contributed by atoms with van der Waals surface area (Å²) < 4.78 is 13.2. The lowest BCUT2D eigenvalue weighted by Crippen LogP contribution is -2.15. The summed E-state index contributed by atoms with van der Waals surface area (Å²) in [4.78, 5) is 32.4. The van der Waals surface area contributed by atoms with Crippen LogP contribution in [0, 0.1) is 5.92 Å². The predicted octanol–water partition coefficient (Wildman–Crippen LogP) is 4.64. The summed E-state index contributed by atoms with van der Waals surface area (Å²) in [6.07, 6.45) is 2.95. The lowest BCUT2D eigenvalue weighted by molar-refractivity contribution is -0.117. The SMILES string of the molecule is O=C1CCCc2[nH]c(-c3ccnc(NC(=O)[C@H]4C[C@H]4F)c3)c(Nc3ccccc3)c21. The maximum absolute atomic E-state index is 13.2. The van der Waals surface area contributed by atoms with Crippen LogP contribution in [0.3, 0.4) is 0 Å². The Kier molecular flexibility index (Phi) is 4.58. The fourth-order valence-corrected chi connectivity index (χ4v) is 3.91. The molecule has 6 nitrogen and oxygen atoms in total. The second kappa shape index (κ2) is 7.40. The van der Waals surface area contributed by atoms with E-state index >= 15 is 0 Å². The van der Waals surface area contributed by atoms with Crippen molar-refractivity contribution in [3.63, 3.8) is 0 Å². The van der Waals surface area contributed by atoms with E-state index in [1.165, 1.54) is 0 Å². The summed E-state index contributed by atoms with van der Waals surface area (Å²) in [5, 5.41) is 6.09. The maximum Gasteiger partial charge on any atom is 0.231 e. The Morgan fingerprint density at radius 3 is 2.73 bits per heavy atom. The maximum atomic E-state index is 13.2. The molecule has 3 aromatic rings. The molecule has 0 radical (unpaired) electrons. The molecule has 7 heteroatoms. The minimum absolute atomic E-state index is 0.113. The quantitative estimate of drug-likeness (QED) is 0.578. The van der Waals surface area contributed by atoms with Gasteiger partial charge in [0.1, 0.15) is 12.0 Å². The third-order valence-electron chi connectivity index (χ3n) is 5.58. The average Bonchev–Trinajstić information content (AvgIpc) is 3.37. The van der Waals surface area contributed by atoms with Crippen molar-refractivity contribution in [3.05, 3.63) is 59.9 Å². The number of nitrogens with zero attached hydrogens (tertiary/aromatic N) is 1. The number of pyridine rings is 1. The van der Waals surface area contributed by atoms with E-state index in [2.05, 4.69) is 20.6 Å². The number of aryl methyl sites for hydroxylation is 1. The summed E-state index contributed by atoms with van der Waals surface area (Å²) in [6.45, 7) is 0. The average molecular weight is 404 g/mol. The molecule has 3 N–H and O–H groups in total. The number of rotatable bonds is 5. The number of alkyl halides is 1. The van der Waals surface area contributed by atoms with Crippen LogP contribution in [-0.2, 0) is 11.2 Å². The minimum atomic E-state index is -1.06. The highest BCUT2D eigenvalue weighted by Gasteiger charge is 2.43. The number of hydrogen-bond donors (Lipinski definition) is 3. The molecule has 2 aromatic heterocycles. The number of carbonyl (C=O) groups excluding carboxylic acids is 2. The fourth-order valence-electron chi connectivity index (χ4n) is 3.91. The van der Waals surface area contributed by atoms with Gasteiger partial charge in [-0.15, -0.1) is 0 Å². The monoisotopic (exact) mass is 404 g/mol. The zero-order chi connectivity index (χ0) is 20.7. The molecule has 2 aliphatic carbocycles. The van der Waals surface area contributed by atoms with Crippen LogP contribution in [0.5, 0.6) is 0 Å². The zero-order valence-corrected chi connectivity index (χ0v) is 16.2. The molecular formula is C23H21FN4O2. The van der Waals surface area contributed by atoms with E-state index < -0.39 is 12.1 Å². The number of nitrogens with one attached hydrogen (secondary N) is 3. The van der Waals surface area contributed by atoms with Gasteiger partial charge in [-0.3, -0.25) is 9.59 Å². The smallest absolute Gasteiger partial charge is 0.231 e. The van der Waals surface area contributed by atoms with Gasteiger partial charge in [0.05, 0.1) is 22.9 Å². The Bertz CT molecular complexity index is 1130. The number of fused-ring (bicyclic) bond motifs is 1. The molecule has 1 fully saturated rings. The van der Waals surface area contributed by atoms with Gasteiger partial charge in [0.2, 0.25) is 5.91 Å². The molecule has 2 aliphatic rings. The van der Waals surface area contributed by atoms with E-state index in [0.717, 1.165) is 41.2 Å². The Morgan fingerprint density at radius 2 is 1.97 bits per heavy atom. The number of carbonyl (C=O) groups is 2. The van der Waals surface area contributed by atoms with Crippen LogP contribution in [0.2, 0.25) is 0 Å². The molecule has 0 unspecified atom stereocenters. The van der Waals surface area contributed by atoms with E-state index in [1.807, 2.05) is 36.4 Å². The number of aromatic amines is 1. The molecule has 1 aromatic carbocycles. The number of anilines is 3. The standard InChI is InChI=1S/C23H21FN4O2/c24-16-12-15(16)23(30)28-19-11-13(9-10-25-19)21-22(26-14-5-2-1-3-6-14)20-17(27-21)7-4-8-18(20)29/h1-3,5-6,9-11,15-16,26-27H,4,7-8,12H2,(H,25,28,30)/t15-,16+/m0/s1. The van der Waals surface area contributed by atoms with Crippen molar-refractivity contribution < 1.29 is 14.0 Å². The zero-order valence-electron chi connectivity index (χ0n) is 16.2. The van der Waals surface area contributed by atoms with Crippen LogP contribution >= 0.6 is 0 Å². The first-order valence-corrected chi connectivity index (χ1v) is 10.1. The van der Waals surface area contributed by atoms with E-state index in [4.69, 9.17) is 0 Å². The lowest BCUT2D eigenvalue weighted by Gasteiger charge is -2.14. The summed E-state index contributed by atoms with van der Waals surface area (Å²) in [5.74, 6) is -0.458. The van der Waals surface area contributed by atoms with Crippen molar-refractivity contribution in [2.75, 3.05) is 10.6 Å². The Balaban J connectivity index is 1.53. The van der Waals surface area contributed by atoms with Gasteiger partial charge in [0.25, 0.3) is 0 Å². The van der Waals surface area contributed by atoms with Crippen LogP contribution in [0.15, 0.2) is 48.7 Å². The van der Waals surface area contributed by atoms with Gasteiger partial charge >= 0.3 is 0 Å². The highest BCUT2D eigenvalue weighted by Crippen LogP contribution is 2.39. The fraction of sp³-hybridized carbons (Fsp3) is 0.261. The van der Waals surface area contributed by atoms with Crippen LogP contribution in [0.4, 0.5) is 21.6 Å². The molecular weight excluding hydrogens is 383 g/mol. The number of Topliss-reactive ketones (excluding diaryl/α,β-unsaturated/α-hetero) is 1. The molecule has 5 rings (SSSR count). The van der Waals surface area contributed by atoms with Crippen molar-refractivity contribution in [3.8, 4) is 11.3 Å². The summed E-state index contributed by atoms with van der Waals surface area (Å²) in [5.41, 5.74) is 4.78. The third kappa shape index (κ3) is 3.47. The van der Waals surface area contributed by atoms with Gasteiger partial charge in [0, 0.05) is 29.6 Å². The molecule has 0 saturated heterocycles. The van der Waals surface area contributed by atoms with Crippen molar-refractivity contribution in [1.29, 1.82) is 0 Å².